The van der Waals surface area contributed by atoms with E-state index in [9.17, 15) is 14.4 Å². The van der Waals surface area contributed by atoms with Crippen molar-refractivity contribution in [3.63, 3.8) is 0 Å². The number of para-hydroxylation sites is 1. The van der Waals surface area contributed by atoms with Gasteiger partial charge in [0.2, 0.25) is 0 Å². The number of amides is 1. The summed E-state index contributed by atoms with van der Waals surface area (Å²) in [4.78, 5) is 42.7. The van der Waals surface area contributed by atoms with Crippen molar-refractivity contribution in [2.24, 2.45) is 0 Å². The predicted octanol–water partition coefficient (Wildman–Crippen LogP) is 3.05. The van der Waals surface area contributed by atoms with Gasteiger partial charge in [-0.2, -0.15) is 0 Å². The Bertz CT molecular complexity index is 1270. The van der Waals surface area contributed by atoms with E-state index in [1.807, 2.05) is 0 Å². The Balaban J connectivity index is 2.25. The number of esters is 1. The number of fused-ring (bicyclic) bond motifs is 1. The smallest absolute Gasteiger partial charge is 0.407 e. The van der Waals surface area contributed by atoms with Crippen LogP contribution in [0.25, 0.3) is 16.6 Å². The average Bonchev–Trinajstić information content (AvgIpc) is 2.77. The Kier molecular flexibility index (Phi) is 7.67. The van der Waals surface area contributed by atoms with Crippen LogP contribution < -0.4 is 10.9 Å². The van der Waals surface area contributed by atoms with E-state index in [1.54, 1.807) is 51.1 Å². The van der Waals surface area contributed by atoms with E-state index >= 15 is 0 Å². The quantitative estimate of drug-likeness (QED) is 0.506. The first kappa shape index (κ1) is 24.2. The molecule has 0 radical (unpaired) electrons. The molecule has 0 unspecified atom stereocenters. The maximum Gasteiger partial charge on any atom is 0.407 e. The number of carbonyl (C=O) groups is 2. The molecule has 2 N–H and O–H groups in total. The lowest BCUT2D eigenvalue weighted by Crippen LogP contribution is -2.30. The van der Waals surface area contributed by atoms with Gasteiger partial charge in [-0.3, -0.25) is 9.36 Å². The van der Waals surface area contributed by atoms with Gasteiger partial charge in [0, 0.05) is 6.54 Å². The summed E-state index contributed by atoms with van der Waals surface area (Å²) in [5, 5.41) is 11.7. The van der Waals surface area contributed by atoms with Gasteiger partial charge < -0.3 is 19.9 Å². The number of nitrogens with one attached hydrogen (secondary N) is 1. The molecule has 0 spiro atoms. The van der Waals surface area contributed by atoms with Crippen LogP contribution in [0.1, 0.15) is 34.2 Å². The number of hydrogen-bond acceptors (Lipinski definition) is 7. The lowest BCUT2D eigenvalue weighted by Gasteiger charge is -2.17. The van der Waals surface area contributed by atoms with Gasteiger partial charge in [0.05, 0.1) is 40.4 Å². The highest BCUT2D eigenvalue weighted by Crippen LogP contribution is 2.26. The number of benzene rings is 2. The molecule has 0 atom stereocenters. The molecule has 0 bridgehead atoms. The summed E-state index contributed by atoms with van der Waals surface area (Å²) in [6, 6.07) is 8.32. The van der Waals surface area contributed by atoms with Crippen molar-refractivity contribution in [3.8, 4) is 5.69 Å². The number of halogens is 1. The molecule has 0 fully saturated rings. The van der Waals surface area contributed by atoms with Crippen LogP contribution in [0.2, 0.25) is 5.02 Å². The summed E-state index contributed by atoms with van der Waals surface area (Å²) in [5.41, 5.74) is 1.58. The van der Waals surface area contributed by atoms with Crippen molar-refractivity contribution in [1.82, 2.24) is 14.9 Å². The molecule has 0 saturated carbocycles. The number of aryl methyl sites for hydroxylation is 2. The zero-order valence-corrected chi connectivity index (χ0v) is 19.2. The standard InChI is InChI=1S/C23H24ClN3O6/c1-4-32-22(30)19-13(2)11-16-20(14(19)3)21(29)27(17-8-6-5-7-15(17)24)18(26-16)12-33-23(31)25-9-10-28/h5-8,11,28H,4,9-10,12H2,1-3H3,(H,25,31). The van der Waals surface area contributed by atoms with E-state index in [0.29, 0.717) is 32.9 Å². The Morgan fingerprint density at radius 3 is 2.61 bits per heavy atom. The summed E-state index contributed by atoms with van der Waals surface area (Å²) in [7, 11) is 0. The zero-order valence-electron chi connectivity index (χ0n) is 18.5. The molecule has 3 rings (SSSR count). The van der Waals surface area contributed by atoms with Crippen molar-refractivity contribution in [2.45, 2.75) is 27.4 Å². The van der Waals surface area contributed by atoms with Gasteiger partial charge in [-0.25, -0.2) is 14.6 Å². The van der Waals surface area contributed by atoms with E-state index < -0.39 is 17.6 Å². The average molecular weight is 474 g/mol. The Morgan fingerprint density at radius 1 is 1.21 bits per heavy atom. The number of aromatic nitrogens is 2. The van der Waals surface area contributed by atoms with Crippen LogP contribution in [-0.2, 0) is 16.1 Å². The van der Waals surface area contributed by atoms with Gasteiger partial charge in [0.25, 0.3) is 5.56 Å². The summed E-state index contributed by atoms with van der Waals surface area (Å²) >= 11 is 6.36. The Hall–Kier alpha value is -3.43. The van der Waals surface area contributed by atoms with Crippen molar-refractivity contribution in [1.29, 1.82) is 0 Å². The topological polar surface area (TPSA) is 120 Å². The van der Waals surface area contributed by atoms with Crippen molar-refractivity contribution < 1.29 is 24.2 Å². The molecule has 9 nitrogen and oxygen atoms in total. The fourth-order valence-corrected chi connectivity index (χ4v) is 3.79. The molecular formula is C23H24ClN3O6. The van der Waals surface area contributed by atoms with Gasteiger partial charge in [-0.1, -0.05) is 23.7 Å². The molecule has 10 heteroatoms. The third kappa shape index (κ3) is 4.99. The molecular weight excluding hydrogens is 450 g/mol. The number of nitrogens with zero attached hydrogens (tertiary/aromatic N) is 2. The van der Waals surface area contributed by atoms with Crippen molar-refractivity contribution in [2.75, 3.05) is 19.8 Å². The van der Waals surface area contributed by atoms with E-state index in [2.05, 4.69) is 10.3 Å². The second-order valence-electron chi connectivity index (χ2n) is 7.15. The minimum Gasteiger partial charge on any atom is -0.462 e. The normalized spacial score (nSPS) is 10.8. The number of ether oxygens (including phenoxy) is 2. The molecule has 0 aliphatic rings. The van der Waals surface area contributed by atoms with E-state index in [1.165, 1.54) is 4.57 Å². The fraction of sp³-hybridized carbons (Fsp3) is 0.304. The highest BCUT2D eigenvalue weighted by molar-refractivity contribution is 6.32. The van der Waals surface area contributed by atoms with Crippen LogP contribution >= 0.6 is 11.6 Å². The summed E-state index contributed by atoms with van der Waals surface area (Å²) < 4.78 is 11.6. The molecule has 0 aliphatic carbocycles. The van der Waals surface area contributed by atoms with Gasteiger partial charge in [-0.05, 0) is 50.1 Å². The van der Waals surface area contributed by atoms with Crippen molar-refractivity contribution in [3.05, 3.63) is 68.2 Å². The number of alkyl carbamates (subject to hydrolysis) is 1. The predicted molar refractivity (Wildman–Crippen MR) is 123 cm³/mol. The third-order valence-corrected chi connectivity index (χ3v) is 5.28. The molecule has 1 amide bonds. The first-order valence-corrected chi connectivity index (χ1v) is 10.7. The van der Waals surface area contributed by atoms with Crippen LogP contribution in [-0.4, -0.2) is 46.5 Å². The molecule has 0 saturated heterocycles. The monoisotopic (exact) mass is 473 g/mol. The van der Waals surface area contributed by atoms with Gasteiger partial charge in [0.1, 0.15) is 0 Å². The number of aliphatic hydroxyl groups excluding tert-OH is 1. The van der Waals surface area contributed by atoms with Crippen molar-refractivity contribution >= 4 is 34.6 Å². The minimum atomic E-state index is -0.769. The van der Waals surface area contributed by atoms with Gasteiger partial charge in [-0.15, -0.1) is 0 Å². The molecule has 0 aliphatic heterocycles. The SMILES string of the molecule is CCOC(=O)c1c(C)cc2nc(COC(=O)NCCO)n(-c3ccccc3Cl)c(=O)c2c1C. The first-order chi connectivity index (χ1) is 15.8. The fourth-order valence-electron chi connectivity index (χ4n) is 3.57. The summed E-state index contributed by atoms with van der Waals surface area (Å²) in [6.07, 6.45) is -0.769. The molecule has 174 valence electrons. The maximum absolute atomic E-state index is 13.7. The number of rotatable bonds is 7. The third-order valence-electron chi connectivity index (χ3n) is 4.96. The van der Waals surface area contributed by atoms with E-state index in [4.69, 9.17) is 26.2 Å². The van der Waals surface area contributed by atoms with Crippen LogP contribution in [0.15, 0.2) is 35.1 Å². The summed E-state index contributed by atoms with van der Waals surface area (Å²) in [5.74, 6) is -0.381. The largest absolute Gasteiger partial charge is 0.462 e. The van der Waals surface area contributed by atoms with Gasteiger partial charge in [0.15, 0.2) is 12.4 Å². The van der Waals surface area contributed by atoms with Crippen LogP contribution in [0, 0.1) is 13.8 Å². The molecule has 1 heterocycles. The number of aliphatic hydroxyl groups is 1. The van der Waals surface area contributed by atoms with E-state index in [-0.39, 0.29) is 37.6 Å². The number of carbonyl (C=O) groups excluding carboxylic acids is 2. The lowest BCUT2D eigenvalue weighted by molar-refractivity contribution is 0.0525. The second-order valence-corrected chi connectivity index (χ2v) is 7.56. The molecule has 3 aromatic rings. The Labute approximate surface area is 194 Å². The molecule has 1 aromatic heterocycles. The van der Waals surface area contributed by atoms with Gasteiger partial charge >= 0.3 is 12.1 Å². The van der Waals surface area contributed by atoms with Crippen LogP contribution in [0.3, 0.4) is 0 Å². The molecule has 2 aromatic carbocycles. The molecule has 33 heavy (non-hydrogen) atoms. The number of hydrogen-bond donors (Lipinski definition) is 2. The van der Waals surface area contributed by atoms with Crippen LogP contribution in [0.5, 0.6) is 0 Å². The lowest BCUT2D eigenvalue weighted by atomic mass is 9.98. The first-order valence-electron chi connectivity index (χ1n) is 10.3. The zero-order chi connectivity index (χ0) is 24.1. The Morgan fingerprint density at radius 2 is 1.94 bits per heavy atom. The highest BCUT2D eigenvalue weighted by Gasteiger charge is 2.22. The van der Waals surface area contributed by atoms with Crippen LogP contribution in [0.4, 0.5) is 4.79 Å². The summed E-state index contributed by atoms with van der Waals surface area (Å²) in [6.45, 7) is 4.76. The second kappa shape index (κ2) is 10.5. The minimum absolute atomic E-state index is 0.0241. The highest BCUT2D eigenvalue weighted by atomic mass is 35.5. The van der Waals surface area contributed by atoms with E-state index in [0.717, 1.165) is 0 Å². The maximum atomic E-state index is 13.7.